The number of aliphatic imine (C=N–C) groups is 2. The van der Waals surface area contributed by atoms with Crippen molar-refractivity contribution >= 4 is 35.7 Å². The van der Waals surface area contributed by atoms with Gasteiger partial charge in [-0.05, 0) is 123 Å². The van der Waals surface area contributed by atoms with Crippen LogP contribution in [0.1, 0.15) is 111 Å². The minimum atomic E-state index is -0.546. The molecule has 0 bridgehead atoms. The summed E-state index contributed by atoms with van der Waals surface area (Å²) in [5, 5.41) is 0. The van der Waals surface area contributed by atoms with E-state index in [1.54, 1.807) is 79.2 Å². The molecule has 0 aromatic heterocycles. The number of esters is 2. The first-order valence-corrected chi connectivity index (χ1v) is 21.8. The van der Waals surface area contributed by atoms with Crippen molar-refractivity contribution in [1.82, 2.24) is 0 Å². The van der Waals surface area contributed by atoms with Gasteiger partial charge >= 0.3 is 11.9 Å². The van der Waals surface area contributed by atoms with Crippen LogP contribution in [0, 0.1) is 0 Å². The first-order chi connectivity index (χ1) is 30.3. The molecular formula is C52H60N2O8. The topological polar surface area (TPSA) is 114 Å². The van der Waals surface area contributed by atoms with Crippen molar-refractivity contribution in [3.05, 3.63) is 144 Å². The van der Waals surface area contributed by atoms with Gasteiger partial charge in [0.1, 0.15) is 23.0 Å². The largest absolute Gasteiger partial charge is 0.494 e. The molecule has 0 aliphatic carbocycles. The van der Waals surface area contributed by atoms with E-state index in [4.69, 9.17) is 28.4 Å². The summed E-state index contributed by atoms with van der Waals surface area (Å²) >= 11 is 0. The third-order valence-corrected chi connectivity index (χ3v) is 9.77. The highest BCUT2D eigenvalue weighted by Crippen LogP contribution is 2.23. The van der Waals surface area contributed by atoms with Crippen LogP contribution in [0.15, 0.2) is 131 Å². The Morgan fingerprint density at radius 1 is 0.500 bits per heavy atom. The van der Waals surface area contributed by atoms with E-state index in [9.17, 15) is 9.59 Å². The van der Waals surface area contributed by atoms with Gasteiger partial charge in [0.25, 0.3) is 0 Å². The number of carbonyl (C=O) groups is 2. The standard InChI is InChI=1S/C52H60N2O8/c1-5-7-12-39(3)57-32-10-34-59-47-28-24-45(25-29-47)53-37-41-16-20-43(21-17-41)51(55)61-49-14-9-15-50(36-49)62-52(56)44-22-18-42(19-23-44)38-54-46-26-30-48(31-27-46)60-35-11-33-58-40(4)13-8-6-2/h9,14-31,36-40H,5-8,10-13,32-35H2,1-4H3/t39-,40-/m0/s1. The summed E-state index contributed by atoms with van der Waals surface area (Å²) in [6.07, 6.45) is 12.6. The summed E-state index contributed by atoms with van der Waals surface area (Å²) in [5.41, 5.74) is 3.92. The molecule has 0 saturated carbocycles. The van der Waals surface area contributed by atoms with Crippen LogP contribution in [0.25, 0.3) is 0 Å². The number of hydrogen-bond acceptors (Lipinski definition) is 10. The van der Waals surface area contributed by atoms with Gasteiger partial charge in [-0.3, -0.25) is 9.98 Å². The van der Waals surface area contributed by atoms with Crippen LogP contribution in [-0.2, 0) is 9.47 Å². The van der Waals surface area contributed by atoms with Crippen LogP contribution in [0.4, 0.5) is 11.4 Å². The lowest BCUT2D eigenvalue weighted by Crippen LogP contribution is -2.11. The van der Waals surface area contributed by atoms with Gasteiger partial charge in [0.15, 0.2) is 0 Å². The predicted molar refractivity (Wildman–Crippen MR) is 247 cm³/mol. The van der Waals surface area contributed by atoms with Crippen LogP contribution in [0.5, 0.6) is 23.0 Å². The second kappa shape index (κ2) is 26.3. The zero-order chi connectivity index (χ0) is 43.8. The van der Waals surface area contributed by atoms with Gasteiger partial charge in [-0.1, -0.05) is 69.9 Å². The number of benzene rings is 5. The number of ether oxygens (including phenoxy) is 6. The average molecular weight is 841 g/mol. The maximum Gasteiger partial charge on any atom is 0.343 e. The quantitative estimate of drug-likeness (QED) is 0.0234. The fourth-order valence-corrected chi connectivity index (χ4v) is 6.12. The third-order valence-electron chi connectivity index (χ3n) is 9.77. The van der Waals surface area contributed by atoms with Gasteiger partial charge in [-0.15, -0.1) is 0 Å². The van der Waals surface area contributed by atoms with Crippen LogP contribution in [0.3, 0.4) is 0 Å². The highest BCUT2D eigenvalue weighted by molar-refractivity contribution is 5.93. The summed E-state index contributed by atoms with van der Waals surface area (Å²) < 4.78 is 34.5. The molecule has 0 unspecified atom stereocenters. The molecular weight excluding hydrogens is 781 g/mol. The zero-order valence-electron chi connectivity index (χ0n) is 36.5. The van der Waals surface area contributed by atoms with Crippen molar-refractivity contribution < 1.29 is 38.0 Å². The lowest BCUT2D eigenvalue weighted by Gasteiger charge is -2.12. The maximum absolute atomic E-state index is 13.0. The number of unbranched alkanes of at least 4 members (excludes halogenated alkanes) is 2. The van der Waals surface area contributed by atoms with Gasteiger partial charge in [0.05, 0.1) is 61.1 Å². The van der Waals surface area contributed by atoms with Gasteiger partial charge < -0.3 is 28.4 Å². The smallest absolute Gasteiger partial charge is 0.343 e. The molecule has 0 spiro atoms. The molecule has 62 heavy (non-hydrogen) atoms. The van der Waals surface area contributed by atoms with Crippen molar-refractivity contribution in [3.8, 4) is 23.0 Å². The molecule has 0 saturated heterocycles. The van der Waals surface area contributed by atoms with E-state index >= 15 is 0 Å². The van der Waals surface area contributed by atoms with Crippen LogP contribution in [0.2, 0.25) is 0 Å². The molecule has 0 aliphatic heterocycles. The molecule has 10 nitrogen and oxygen atoms in total. The Morgan fingerprint density at radius 3 is 1.29 bits per heavy atom. The maximum atomic E-state index is 13.0. The summed E-state index contributed by atoms with van der Waals surface area (Å²) in [6, 6.07) is 35.4. The second-order valence-corrected chi connectivity index (χ2v) is 15.1. The normalized spacial score (nSPS) is 12.3. The second-order valence-electron chi connectivity index (χ2n) is 15.1. The van der Waals surface area contributed by atoms with E-state index in [1.807, 2.05) is 48.5 Å². The van der Waals surface area contributed by atoms with Crippen molar-refractivity contribution in [3.63, 3.8) is 0 Å². The van der Waals surface area contributed by atoms with Gasteiger partial charge in [-0.25, -0.2) is 9.59 Å². The van der Waals surface area contributed by atoms with Crippen LogP contribution < -0.4 is 18.9 Å². The molecule has 2 atom stereocenters. The Hall–Kier alpha value is -6.10. The monoisotopic (exact) mass is 840 g/mol. The molecule has 0 amide bonds. The summed E-state index contributed by atoms with van der Waals surface area (Å²) in [7, 11) is 0. The fourth-order valence-electron chi connectivity index (χ4n) is 6.12. The fraction of sp³-hybridized carbons (Fsp3) is 0.346. The molecule has 5 rings (SSSR count). The Kier molecular flexibility index (Phi) is 19.9. The molecule has 5 aromatic carbocycles. The minimum Gasteiger partial charge on any atom is -0.494 e. The predicted octanol–water partition coefficient (Wildman–Crippen LogP) is 12.4. The number of nitrogens with zero attached hydrogens (tertiary/aromatic N) is 2. The third kappa shape index (κ3) is 17.1. The van der Waals surface area contributed by atoms with Gasteiger partial charge in [0, 0.05) is 31.3 Å². The summed E-state index contributed by atoms with van der Waals surface area (Å²) in [5.74, 6) is 0.963. The van der Waals surface area contributed by atoms with Crippen molar-refractivity contribution in [2.75, 3.05) is 26.4 Å². The molecule has 10 heteroatoms. The first kappa shape index (κ1) is 47.0. The van der Waals surface area contributed by atoms with E-state index in [1.165, 1.54) is 31.7 Å². The number of carbonyl (C=O) groups excluding carboxylic acids is 2. The number of rotatable bonds is 26. The first-order valence-electron chi connectivity index (χ1n) is 21.8. The Morgan fingerprint density at radius 2 is 0.903 bits per heavy atom. The Balaban J connectivity index is 1.02. The lowest BCUT2D eigenvalue weighted by molar-refractivity contribution is 0.0508. The molecule has 326 valence electrons. The molecule has 0 heterocycles. The number of hydrogen-bond donors (Lipinski definition) is 0. The SMILES string of the molecule is CCCC[C@H](C)OCCCOc1ccc(N=Cc2ccc(C(=O)Oc3cccc(OC(=O)c4ccc(C=Nc5ccc(OCCCO[C@@H](C)CCCC)cc5)cc4)c3)cc2)cc1. The molecule has 0 fully saturated rings. The van der Waals surface area contributed by atoms with E-state index in [0.29, 0.717) is 37.6 Å². The molecule has 0 aliphatic rings. The van der Waals surface area contributed by atoms with Crippen LogP contribution in [-0.4, -0.2) is 63.0 Å². The van der Waals surface area contributed by atoms with E-state index < -0.39 is 11.9 Å². The van der Waals surface area contributed by atoms with E-state index in [-0.39, 0.29) is 23.7 Å². The van der Waals surface area contributed by atoms with Crippen molar-refractivity contribution in [1.29, 1.82) is 0 Å². The van der Waals surface area contributed by atoms with Crippen molar-refractivity contribution in [2.45, 2.75) is 91.3 Å². The Labute approximate surface area is 366 Å². The van der Waals surface area contributed by atoms with Gasteiger partial charge in [0.2, 0.25) is 0 Å². The van der Waals surface area contributed by atoms with E-state index in [2.05, 4.69) is 37.7 Å². The summed E-state index contributed by atoms with van der Waals surface area (Å²) in [4.78, 5) is 35.0. The highest BCUT2D eigenvalue weighted by Gasteiger charge is 2.13. The Bertz CT molecular complexity index is 1980. The highest BCUT2D eigenvalue weighted by atomic mass is 16.5. The van der Waals surface area contributed by atoms with Crippen molar-refractivity contribution in [2.24, 2.45) is 9.98 Å². The lowest BCUT2D eigenvalue weighted by atomic mass is 10.1. The molecule has 5 aromatic rings. The summed E-state index contributed by atoms with van der Waals surface area (Å²) in [6.45, 7) is 11.2. The molecule has 0 radical (unpaired) electrons. The molecule has 0 N–H and O–H groups in total. The van der Waals surface area contributed by atoms with Crippen LogP contribution >= 0.6 is 0 Å². The average Bonchev–Trinajstić information content (AvgIpc) is 3.29. The van der Waals surface area contributed by atoms with Gasteiger partial charge in [-0.2, -0.15) is 0 Å². The van der Waals surface area contributed by atoms with E-state index in [0.717, 1.165) is 59.7 Å². The zero-order valence-corrected chi connectivity index (χ0v) is 36.5. The minimum absolute atomic E-state index is 0.243.